The first-order valence-electron chi connectivity index (χ1n) is 6.16. The Hall–Kier alpha value is -0.510. The molecule has 1 heterocycles. The van der Waals surface area contributed by atoms with Crippen molar-refractivity contribution >= 4 is 11.8 Å². The van der Waals surface area contributed by atoms with Crippen molar-refractivity contribution in [2.24, 2.45) is 5.92 Å². The minimum Gasteiger partial charge on any atom is -0.384 e. The predicted octanol–water partition coefficient (Wildman–Crippen LogP) is 2.88. The summed E-state index contributed by atoms with van der Waals surface area (Å²) in [4.78, 5) is 3.87. The fraction of sp³-hybridized carbons (Fsp3) is 0.571. The zero-order chi connectivity index (χ0) is 12.1. The number of methoxy groups -OCH3 is 1. The third kappa shape index (κ3) is 3.73. The van der Waals surface area contributed by atoms with Crippen molar-refractivity contribution < 1.29 is 4.74 Å². The van der Waals surface area contributed by atoms with Crippen LogP contribution in [0.3, 0.4) is 0 Å². The minimum atomic E-state index is 0.727. The smallest absolute Gasteiger partial charge is 0.0503 e. The Morgan fingerprint density at radius 1 is 1.35 bits per heavy atom. The van der Waals surface area contributed by atoms with E-state index in [1.807, 2.05) is 0 Å². The molecule has 0 spiro atoms. The third-order valence-corrected chi connectivity index (χ3v) is 4.08. The summed E-state index contributed by atoms with van der Waals surface area (Å²) in [5, 5.41) is 0. The van der Waals surface area contributed by atoms with Crippen molar-refractivity contribution in [1.82, 2.24) is 4.90 Å². The highest BCUT2D eigenvalue weighted by molar-refractivity contribution is 7.98. The standard InChI is InChI=1S/C14H21NOS/c1-16-11-13-7-8-15(10-13)9-12-3-5-14(17-2)6-4-12/h3-6,13H,7-11H2,1-2H3/t13-/m1/s1. The third-order valence-electron chi connectivity index (χ3n) is 3.34. The SMILES string of the molecule is COC[C@@H]1CCN(Cc2ccc(SC)cc2)C1. The molecule has 0 N–H and O–H groups in total. The normalized spacial score (nSPS) is 20.9. The molecule has 0 aliphatic carbocycles. The second-order valence-corrected chi connectivity index (χ2v) is 5.57. The van der Waals surface area contributed by atoms with Crippen LogP contribution in [-0.2, 0) is 11.3 Å². The van der Waals surface area contributed by atoms with Crippen LogP contribution in [0.4, 0.5) is 0 Å². The fourth-order valence-electron chi connectivity index (χ4n) is 2.42. The number of likely N-dealkylation sites (tertiary alicyclic amines) is 1. The van der Waals surface area contributed by atoms with Gasteiger partial charge in [-0.15, -0.1) is 11.8 Å². The molecule has 94 valence electrons. The lowest BCUT2D eigenvalue weighted by molar-refractivity contribution is 0.152. The van der Waals surface area contributed by atoms with Crippen LogP contribution in [0.1, 0.15) is 12.0 Å². The van der Waals surface area contributed by atoms with Crippen molar-refractivity contribution in [2.45, 2.75) is 17.9 Å². The fourth-order valence-corrected chi connectivity index (χ4v) is 2.83. The number of thioether (sulfide) groups is 1. The molecule has 2 nitrogen and oxygen atoms in total. The van der Waals surface area contributed by atoms with Gasteiger partial charge in [-0.25, -0.2) is 0 Å². The van der Waals surface area contributed by atoms with E-state index in [9.17, 15) is 0 Å². The summed E-state index contributed by atoms with van der Waals surface area (Å²) < 4.78 is 5.23. The van der Waals surface area contributed by atoms with Crippen LogP contribution in [0.2, 0.25) is 0 Å². The van der Waals surface area contributed by atoms with E-state index in [4.69, 9.17) is 4.74 Å². The molecule has 17 heavy (non-hydrogen) atoms. The molecule has 0 amide bonds. The summed E-state index contributed by atoms with van der Waals surface area (Å²) in [6.07, 6.45) is 3.39. The van der Waals surface area contributed by atoms with E-state index >= 15 is 0 Å². The largest absolute Gasteiger partial charge is 0.384 e. The molecule has 1 fully saturated rings. The van der Waals surface area contributed by atoms with Crippen LogP contribution in [0.25, 0.3) is 0 Å². The van der Waals surface area contributed by atoms with E-state index in [1.54, 1.807) is 18.9 Å². The average Bonchev–Trinajstić information content (AvgIpc) is 2.78. The molecule has 1 aliphatic heterocycles. The molecule has 1 atom stereocenters. The Bertz CT molecular complexity index is 339. The van der Waals surface area contributed by atoms with Crippen molar-refractivity contribution in [1.29, 1.82) is 0 Å². The van der Waals surface area contributed by atoms with Gasteiger partial charge in [-0.1, -0.05) is 12.1 Å². The highest BCUT2D eigenvalue weighted by Gasteiger charge is 2.21. The summed E-state index contributed by atoms with van der Waals surface area (Å²) in [5.74, 6) is 0.727. The Morgan fingerprint density at radius 2 is 2.12 bits per heavy atom. The zero-order valence-electron chi connectivity index (χ0n) is 10.7. The van der Waals surface area contributed by atoms with Gasteiger partial charge in [-0.05, 0) is 42.8 Å². The lowest BCUT2D eigenvalue weighted by atomic mass is 10.1. The molecule has 0 radical (unpaired) electrons. The van der Waals surface area contributed by atoms with Crippen molar-refractivity contribution in [2.75, 3.05) is 33.1 Å². The van der Waals surface area contributed by atoms with Gasteiger partial charge in [-0.2, -0.15) is 0 Å². The van der Waals surface area contributed by atoms with Crippen LogP contribution >= 0.6 is 11.8 Å². The molecule has 0 aromatic heterocycles. The topological polar surface area (TPSA) is 12.5 Å². The number of ether oxygens (including phenoxy) is 1. The summed E-state index contributed by atoms with van der Waals surface area (Å²) in [5.41, 5.74) is 1.42. The Labute approximate surface area is 108 Å². The molecule has 1 aromatic carbocycles. The lowest BCUT2D eigenvalue weighted by Gasteiger charge is -2.16. The summed E-state index contributed by atoms with van der Waals surface area (Å²) in [6.45, 7) is 4.37. The maximum Gasteiger partial charge on any atom is 0.0503 e. The first kappa shape index (κ1) is 12.9. The Balaban J connectivity index is 1.84. The summed E-state index contributed by atoms with van der Waals surface area (Å²) in [6, 6.07) is 8.91. The minimum absolute atomic E-state index is 0.727. The second kappa shape index (κ2) is 6.43. The average molecular weight is 251 g/mol. The quantitative estimate of drug-likeness (QED) is 0.747. The second-order valence-electron chi connectivity index (χ2n) is 4.69. The molecule has 1 aliphatic rings. The molecular formula is C14H21NOS. The van der Waals surface area contributed by atoms with Crippen LogP contribution in [0.15, 0.2) is 29.2 Å². The first-order chi connectivity index (χ1) is 8.31. The number of benzene rings is 1. The van der Waals surface area contributed by atoms with E-state index in [0.29, 0.717) is 0 Å². The molecule has 1 saturated heterocycles. The summed E-state index contributed by atoms with van der Waals surface area (Å²) >= 11 is 1.80. The maximum absolute atomic E-state index is 5.23. The Kier molecular flexibility index (Phi) is 4.89. The molecule has 0 unspecified atom stereocenters. The number of hydrogen-bond acceptors (Lipinski definition) is 3. The van der Waals surface area contributed by atoms with E-state index in [1.165, 1.54) is 30.0 Å². The van der Waals surface area contributed by atoms with E-state index in [2.05, 4.69) is 35.4 Å². The van der Waals surface area contributed by atoms with Gasteiger partial charge in [0, 0.05) is 25.1 Å². The monoisotopic (exact) mass is 251 g/mol. The molecule has 0 saturated carbocycles. The highest BCUT2D eigenvalue weighted by Crippen LogP contribution is 2.20. The van der Waals surface area contributed by atoms with Gasteiger partial charge < -0.3 is 4.74 Å². The lowest BCUT2D eigenvalue weighted by Crippen LogP contribution is -2.21. The zero-order valence-corrected chi connectivity index (χ0v) is 11.5. The predicted molar refractivity (Wildman–Crippen MR) is 73.5 cm³/mol. The van der Waals surface area contributed by atoms with Crippen LogP contribution in [-0.4, -0.2) is 38.0 Å². The number of rotatable bonds is 5. The Morgan fingerprint density at radius 3 is 2.76 bits per heavy atom. The number of hydrogen-bond donors (Lipinski definition) is 0. The molecule has 3 heteroatoms. The molecule has 0 bridgehead atoms. The molecule has 2 rings (SSSR count). The van der Waals surface area contributed by atoms with Crippen molar-refractivity contribution in [3.8, 4) is 0 Å². The van der Waals surface area contributed by atoms with E-state index < -0.39 is 0 Å². The van der Waals surface area contributed by atoms with E-state index in [-0.39, 0.29) is 0 Å². The van der Waals surface area contributed by atoms with Gasteiger partial charge in [0.15, 0.2) is 0 Å². The van der Waals surface area contributed by atoms with Crippen LogP contribution in [0, 0.1) is 5.92 Å². The molecule has 1 aromatic rings. The first-order valence-corrected chi connectivity index (χ1v) is 7.38. The van der Waals surface area contributed by atoms with Gasteiger partial charge in [0.1, 0.15) is 0 Å². The van der Waals surface area contributed by atoms with Gasteiger partial charge >= 0.3 is 0 Å². The van der Waals surface area contributed by atoms with Gasteiger partial charge in [0.25, 0.3) is 0 Å². The van der Waals surface area contributed by atoms with E-state index in [0.717, 1.165) is 19.1 Å². The summed E-state index contributed by atoms with van der Waals surface area (Å²) in [7, 11) is 1.80. The molecular weight excluding hydrogens is 230 g/mol. The van der Waals surface area contributed by atoms with Crippen molar-refractivity contribution in [3.05, 3.63) is 29.8 Å². The van der Waals surface area contributed by atoms with Crippen LogP contribution < -0.4 is 0 Å². The number of nitrogens with zero attached hydrogens (tertiary/aromatic N) is 1. The van der Waals surface area contributed by atoms with Crippen molar-refractivity contribution in [3.63, 3.8) is 0 Å². The maximum atomic E-state index is 5.23. The van der Waals surface area contributed by atoms with Gasteiger partial charge in [0.05, 0.1) is 6.61 Å². The highest BCUT2D eigenvalue weighted by atomic mass is 32.2. The van der Waals surface area contributed by atoms with Crippen LogP contribution in [0.5, 0.6) is 0 Å². The van der Waals surface area contributed by atoms with Gasteiger partial charge in [-0.3, -0.25) is 4.90 Å². The van der Waals surface area contributed by atoms with Gasteiger partial charge in [0.2, 0.25) is 0 Å².